The van der Waals surface area contributed by atoms with E-state index in [2.05, 4.69) is 0 Å². The fourth-order valence-electron chi connectivity index (χ4n) is 0. The van der Waals surface area contributed by atoms with Gasteiger partial charge in [-0.1, -0.05) is 0 Å². The molecule has 0 unspecified atom stereocenters. The van der Waals surface area contributed by atoms with Gasteiger partial charge in [-0.05, 0) is 0 Å². The van der Waals surface area contributed by atoms with Gasteiger partial charge < -0.3 is 39.1 Å². The molecule has 13 heteroatoms. The van der Waals surface area contributed by atoms with Crippen LogP contribution in [0.4, 0.5) is 0 Å². The molecule has 0 aromatic heterocycles. The predicted octanol–water partition coefficient (Wildman–Crippen LogP) is -7.25. The van der Waals surface area contributed by atoms with E-state index in [9.17, 15) is 0 Å². The van der Waals surface area contributed by atoms with E-state index in [4.69, 9.17) is 28.1 Å². The third-order valence-electron chi connectivity index (χ3n) is 0. The molecule has 0 fully saturated rings. The van der Waals surface area contributed by atoms with Crippen LogP contribution in [0.1, 0.15) is 0 Å². The van der Waals surface area contributed by atoms with Crippen LogP contribution in [0.5, 0.6) is 0 Å². The van der Waals surface area contributed by atoms with E-state index >= 15 is 0 Å². The molecular formula is H2Be3O8Si2. The smallest absolute Gasteiger partial charge is 0.870 e. The summed E-state index contributed by atoms with van der Waals surface area (Å²) < 4.78 is 17.0. The summed E-state index contributed by atoms with van der Waals surface area (Å²) in [4.78, 5) is 34.1. The van der Waals surface area contributed by atoms with Gasteiger partial charge in [0.25, 0.3) is 0 Å². The van der Waals surface area contributed by atoms with Gasteiger partial charge in [-0.2, -0.15) is 0 Å². The Bertz CT molecular complexity index is 75.4. The first kappa shape index (κ1) is 53.7. The van der Waals surface area contributed by atoms with Crippen molar-refractivity contribution in [3.63, 3.8) is 0 Å². The Kier molecular flexibility index (Phi) is 171. The summed E-state index contributed by atoms with van der Waals surface area (Å²) >= 11 is 0. The molecule has 0 aromatic carbocycles. The Morgan fingerprint density at radius 2 is 0.615 bits per heavy atom. The average Bonchev–Trinajstić information content (AvgIpc) is 1.25. The molecule has 0 amide bonds. The van der Waals surface area contributed by atoms with Crippen LogP contribution >= 0.6 is 0 Å². The van der Waals surface area contributed by atoms with E-state index in [0.29, 0.717) is 0 Å². The molecule has 0 bridgehead atoms. The molecule has 0 spiro atoms. The van der Waals surface area contributed by atoms with Gasteiger partial charge in [-0.25, -0.2) is 0 Å². The molecule has 0 radical (unpaired) electrons. The van der Waals surface area contributed by atoms with Gasteiger partial charge in [-0.15, -0.1) is 0 Å². The molecule has 0 aliphatic heterocycles. The van der Waals surface area contributed by atoms with E-state index in [1.165, 1.54) is 0 Å². The van der Waals surface area contributed by atoms with Gasteiger partial charge in [0, 0.05) is 18.3 Å². The minimum atomic E-state index is -3.63. The molecule has 0 heterocycles. The van der Waals surface area contributed by atoms with E-state index in [-0.39, 0.29) is 41.3 Å². The number of hydrogen-bond acceptors (Lipinski definition) is 8. The molecule has 13 heavy (non-hydrogen) atoms. The van der Waals surface area contributed by atoms with Crippen molar-refractivity contribution in [3.05, 3.63) is 0 Å². The van der Waals surface area contributed by atoms with Crippen molar-refractivity contribution in [2.24, 2.45) is 0 Å². The van der Waals surface area contributed by atoms with Crippen LogP contribution in [0, 0.1) is 0 Å². The minimum Gasteiger partial charge on any atom is -0.870 e. The van der Waals surface area contributed by atoms with Gasteiger partial charge in [0.05, 0.1) is 0 Å². The molecule has 64 valence electrons. The second-order valence-electron chi connectivity index (χ2n) is 0.500. The molecule has 0 rings (SSSR count). The van der Waals surface area contributed by atoms with Crippen molar-refractivity contribution in [1.82, 2.24) is 0 Å². The summed E-state index contributed by atoms with van der Waals surface area (Å²) in [7, 11) is -7.26. The Balaban J connectivity index is -0.00000000800. The van der Waals surface area contributed by atoms with Gasteiger partial charge in [-0.3, -0.25) is 0 Å². The van der Waals surface area contributed by atoms with Crippen LogP contribution in [0.3, 0.4) is 0 Å². The van der Waals surface area contributed by atoms with Crippen molar-refractivity contribution in [3.8, 4) is 0 Å². The van der Waals surface area contributed by atoms with Crippen LogP contribution in [-0.2, 0) is 8.92 Å². The summed E-state index contributed by atoms with van der Waals surface area (Å²) in [6, 6.07) is 0. The van der Waals surface area contributed by atoms with Gasteiger partial charge >= 0.3 is 30.4 Å². The molecule has 0 aliphatic carbocycles. The van der Waals surface area contributed by atoms with Crippen molar-refractivity contribution in [2.45, 2.75) is 0 Å². The molecule has 0 saturated heterocycles. The van der Waals surface area contributed by atoms with Gasteiger partial charge in [0.1, 0.15) is 0 Å². The summed E-state index contributed by atoms with van der Waals surface area (Å²) in [5, 5.41) is 0. The third-order valence-corrected chi connectivity index (χ3v) is 0. The molecule has 0 atom stereocenters. The molecule has 0 saturated carbocycles. The minimum absolute atomic E-state index is 0. The first-order chi connectivity index (χ1) is 3.46. The number of rotatable bonds is 0. The zero-order valence-electron chi connectivity index (χ0n) is 6.47. The molecule has 0 aromatic rings. The summed E-state index contributed by atoms with van der Waals surface area (Å²) in [5.41, 5.74) is 0. The van der Waals surface area contributed by atoms with Gasteiger partial charge in [0.2, 0.25) is 0 Å². The number of hydrogen-bond donors (Lipinski definition) is 0. The molecule has 8 nitrogen and oxygen atoms in total. The van der Waals surface area contributed by atoms with Crippen LogP contribution < -0.4 is 19.2 Å². The second-order valence-corrected chi connectivity index (χ2v) is 1.50. The van der Waals surface area contributed by atoms with Crippen LogP contribution in [0.2, 0.25) is 0 Å². The second kappa shape index (κ2) is 41.4. The quantitative estimate of drug-likeness (QED) is 0.354. The zero-order valence-corrected chi connectivity index (χ0v) is 8.47. The molecule has 2 N–H and O–H groups in total. The van der Waals surface area contributed by atoms with Crippen molar-refractivity contribution in [1.29, 1.82) is 0 Å². The standard InChI is InChI=1S/3Be.2O3Si.2H2O/c;;;2*1-4(2)3;;/h;;;;;2*1H2/q3*+2;2*-2;;/p-2. The average molecular weight is 213 g/mol. The van der Waals surface area contributed by atoms with Crippen molar-refractivity contribution >= 4 is 48.7 Å². The summed E-state index contributed by atoms with van der Waals surface area (Å²) in [6.07, 6.45) is 0. The van der Waals surface area contributed by atoms with Gasteiger partial charge in [0.15, 0.2) is 0 Å². The monoisotopic (exact) mass is 213 g/mol. The van der Waals surface area contributed by atoms with E-state index in [0.717, 1.165) is 0 Å². The van der Waals surface area contributed by atoms with Crippen LogP contribution in [0.15, 0.2) is 0 Å². The third kappa shape index (κ3) is 9430. The topological polar surface area (TPSA) is 186 Å². The fraction of sp³-hybridized carbons (Fsp3) is 0. The fourth-order valence-corrected chi connectivity index (χ4v) is 0. The molecular weight excluding hydrogens is 211 g/mol. The molecule has 0 aliphatic rings. The van der Waals surface area contributed by atoms with E-state index < -0.39 is 18.3 Å². The first-order valence-corrected chi connectivity index (χ1v) is 3.67. The normalized spacial score (nSPS) is 3.69. The Morgan fingerprint density at radius 3 is 0.615 bits per heavy atom. The van der Waals surface area contributed by atoms with E-state index in [1.807, 2.05) is 0 Å². The van der Waals surface area contributed by atoms with Crippen LogP contribution in [-0.4, -0.2) is 59.7 Å². The maximum atomic E-state index is 8.52. The van der Waals surface area contributed by atoms with Crippen LogP contribution in [0.25, 0.3) is 0 Å². The zero-order chi connectivity index (χ0) is 7.15. The Hall–Kier alpha value is -0.340. The predicted molar refractivity (Wildman–Crippen MR) is 34.0 cm³/mol. The summed E-state index contributed by atoms with van der Waals surface area (Å²) in [5.74, 6) is 0. The maximum Gasteiger partial charge on any atom is 2.00 e. The van der Waals surface area contributed by atoms with Crippen molar-refractivity contribution in [2.75, 3.05) is 0 Å². The SMILES string of the molecule is O=[Si]([O-])[O-].O=[Si]([O-])[O-].[Be+2].[Be+2].[Be+2].[OH-].[OH-]. The maximum absolute atomic E-state index is 8.52. The Labute approximate surface area is 88.3 Å². The Morgan fingerprint density at radius 1 is 0.615 bits per heavy atom. The summed E-state index contributed by atoms with van der Waals surface area (Å²) in [6.45, 7) is 0. The largest absolute Gasteiger partial charge is 2.00 e. The van der Waals surface area contributed by atoms with E-state index in [1.54, 1.807) is 0 Å². The first-order valence-electron chi connectivity index (χ1n) is 1.22. The van der Waals surface area contributed by atoms with Crippen molar-refractivity contribution < 1.29 is 39.1 Å².